The van der Waals surface area contributed by atoms with Crippen molar-refractivity contribution in [3.05, 3.63) is 48.5 Å². The monoisotopic (exact) mass is 369 g/mol. The number of nitrogens with zero attached hydrogens (tertiary/aromatic N) is 1. The minimum atomic E-state index is -0.0166. The Labute approximate surface area is 160 Å². The fraction of sp³-hybridized carbons (Fsp3) is 0.381. The predicted octanol–water partition coefficient (Wildman–Crippen LogP) is 3.36. The lowest BCUT2D eigenvalue weighted by atomic mass is 10.2. The maximum Gasteiger partial charge on any atom is 0.226 e. The van der Waals surface area contributed by atoms with Crippen LogP contribution in [0.25, 0.3) is 0 Å². The summed E-state index contributed by atoms with van der Waals surface area (Å²) in [4.78, 5) is 14.7. The number of morpholine rings is 1. The van der Waals surface area contributed by atoms with E-state index in [1.807, 2.05) is 55.5 Å². The van der Waals surface area contributed by atoms with E-state index in [2.05, 4.69) is 15.5 Å². The molecule has 0 spiro atoms. The fourth-order valence-electron chi connectivity index (χ4n) is 3.08. The Kier molecular flexibility index (Phi) is 6.93. The number of nitrogens with one attached hydrogen (secondary N) is 2. The number of amides is 1. The summed E-state index contributed by atoms with van der Waals surface area (Å²) >= 11 is 0. The van der Waals surface area contributed by atoms with Gasteiger partial charge in [0.15, 0.2) is 0 Å². The first-order valence-electron chi connectivity index (χ1n) is 9.45. The number of ether oxygens (including phenoxy) is 2. The Bertz CT molecular complexity index is 745. The lowest BCUT2D eigenvalue weighted by molar-refractivity contribution is -0.115. The topological polar surface area (TPSA) is 62.8 Å². The van der Waals surface area contributed by atoms with Crippen LogP contribution in [0, 0.1) is 0 Å². The van der Waals surface area contributed by atoms with Crippen LogP contribution in [0.15, 0.2) is 48.5 Å². The van der Waals surface area contributed by atoms with E-state index < -0.39 is 0 Å². The van der Waals surface area contributed by atoms with E-state index in [0.29, 0.717) is 32.8 Å². The molecule has 6 heteroatoms. The Balaban J connectivity index is 1.54. The Morgan fingerprint density at radius 3 is 2.56 bits per heavy atom. The van der Waals surface area contributed by atoms with Gasteiger partial charge in [-0.3, -0.25) is 4.79 Å². The molecule has 2 aromatic carbocycles. The third kappa shape index (κ3) is 5.37. The third-order valence-electron chi connectivity index (χ3n) is 4.38. The van der Waals surface area contributed by atoms with Gasteiger partial charge in [0.25, 0.3) is 0 Å². The molecule has 0 saturated carbocycles. The van der Waals surface area contributed by atoms with Gasteiger partial charge in [0.2, 0.25) is 5.91 Å². The molecule has 2 aromatic rings. The summed E-state index contributed by atoms with van der Waals surface area (Å²) in [5.41, 5.74) is 2.80. The Morgan fingerprint density at radius 1 is 1.07 bits per heavy atom. The molecule has 1 saturated heterocycles. The Morgan fingerprint density at radius 2 is 1.78 bits per heavy atom. The summed E-state index contributed by atoms with van der Waals surface area (Å²) in [5, 5.41) is 6.32. The van der Waals surface area contributed by atoms with Gasteiger partial charge < -0.3 is 25.0 Å². The molecular formula is C21H27N3O3. The van der Waals surface area contributed by atoms with Crippen molar-refractivity contribution in [2.24, 2.45) is 0 Å². The number of carbonyl (C=O) groups is 1. The molecule has 0 aliphatic carbocycles. The number of hydrogen-bond acceptors (Lipinski definition) is 5. The number of carbonyl (C=O) groups excluding carboxylic acids is 1. The second-order valence-electron chi connectivity index (χ2n) is 6.27. The van der Waals surface area contributed by atoms with Crippen LogP contribution >= 0.6 is 0 Å². The van der Waals surface area contributed by atoms with Crippen molar-refractivity contribution in [2.75, 3.05) is 55.0 Å². The Hall–Kier alpha value is -2.73. The van der Waals surface area contributed by atoms with Crippen LogP contribution in [-0.4, -0.2) is 45.4 Å². The van der Waals surface area contributed by atoms with Gasteiger partial charge >= 0.3 is 0 Å². The lowest BCUT2D eigenvalue weighted by Crippen LogP contribution is -2.36. The van der Waals surface area contributed by atoms with Gasteiger partial charge in [0, 0.05) is 26.1 Å². The van der Waals surface area contributed by atoms with Crippen molar-refractivity contribution in [1.82, 2.24) is 0 Å². The summed E-state index contributed by atoms with van der Waals surface area (Å²) < 4.78 is 11.0. The molecule has 6 nitrogen and oxygen atoms in total. The molecule has 27 heavy (non-hydrogen) atoms. The average Bonchev–Trinajstić information content (AvgIpc) is 2.70. The summed E-state index contributed by atoms with van der Waals surface area (Å²) in [6, 6.07) is 15.7. The standard InChI is InChI=1S/C21H27N3O3/c1-2-27-20-10-6-4-8-18(20)22-12-11-21(25)23-17-7-3-5-9-19(17)24-13-15-26-16-14-24/h3-10,22H,2,11-16H2,1H3,(H,23,25). The van der Waals surface area contributed by atoms with Gasteiger partial charge in [-0.2, -0.15) is 0 Å². The number of rotatable bonds is 8. The molecule has 0 unspecified atom stereocenters. The first-order valence-corrected chi connectivity index (χ1v) is 9.45. The highest BCUT2D eigenvalue weighted by atomic mass is 16.5. The number of anilines is 3. The molecule has 3 rings (SSSR count). The highest BCUT2D eigenvalue weighted by Gasteiger charge is 2.15. The van der Waals surface area contributed by atoms with E-state index in [0.717, 1.165) is 35.9 Å². The highest BCUT2D eigenvalue weighted by molar-refractivity contribution is 5.94. The molecule has 0 radical (unpaired) electrons. The average molecular weight is 369 g/mol. The van der Waals surface area contributed by atoms with E-state index >= 15 is 0 Å². The normalized spacial score (nSPS) is 13.9. The molecule has 2 N–H and O–H groups in total. The van der Waals surface area contributed by atoms with E-state index in [1.165, 1.54) is 0 Å². The molecule has 1 amide bonds. The van der Waals surface area contributed by atoms with Crippen molar-refractivity contribution in [1.29, 1.82) is 0 Å². The molecule has 144 valence electrons. The van der Waals surface area contributed by atoms with E-state index in [4.69, 9.17) is 9.47 Å². The zero-order valence-corrected chi connectivity index (χ0v) is 15.7. The van der Waals surface area contributed by atoms with Crippen LogP contribution in [0.2, 0.25) is 0 Å². The first-order chi connectivity index (χ1) is 13.3. The van der Waals surface area contributed by atoms with Crippen molar-refractivity contribution in [3.63, 3.8) is 0 Å². The van der Waals surface area contributed by atoms with Gasteiger partial charge in [0.05, 0.1) is 36.9 Å². The molecule has 0 atom stereocenters. The zero-order valence-electron chi connectivity index (χ0n) is 15.7. The molecule has 1 fully saturated rings. The molecule has 1 aliphatic heterocycles. The van der Waals surface area contributed by atoms with Gasteiger partial charge in [-0.15, -0.1) is 0 Å². The summed E-state index contributed by atoms with van der Waals surface area (Å²) in [6.45, 7) is 6.20. The van der Waals surface area contributed by atoms with Gasteiger partial charge in [-0.1, -0.05) is 24.3 Å². The number of benzene rings is 2. The number of hydrogen-bond donors (Lipinski definition) is 2. The van der Waals surface area contributed by atoms with Gasteiger partial charge in [-0.25, -0.2) is 0 Å². The maximum atomic E-state index is 12.4. The van der Waals surface area contributed by atoms with Crippen LogP contribution in [0.5, 0.6) is 5.75 Å². The minimum Gasteiger partial charge on any atom is -0.492 e. The minimum absolute atomic E-state index is 0.0166. The molecule has 0 aromatic heterocycles. The summed E-state index contributed by atoms with van der Waals surface area (Å²) in [7, 11) is 0. The van der Waals surface area contributed by atoms with E-state index in [9.17, 15) is 4.79 Å². The predicted molar refractivity (Wildman–Crippen MR) is 109 cm³/mol. The molecule has 0 bridgehead atoms. The molecule has 1 heterocycles. The van der Waals surface area contributed by atoms with Crippen LogP contribution in [-0.2, 0) is 9.53 Å². The molecular weight excluding hydrogens is 342 g/mol. The highest BCUT2D eigenvalue weighted by Crippen LogP contribution is 2.27. The fourth-order valence-corrected chi connectivity index (χ4v) is 3.08. The van der Waals surface area contributed by atoms with Crippen molar-refractivity contribution < 1.29 is 14.3 Å². The van der Waals surface area contributed by atoms with Crippen molar-refractivity contribution in [2.45, 2.75) is 13.3 Å². The van der Waals surface area contributed by atoms with Crippen LogP contribution < -0.4 is 20.3 Å². The van der Waals surface area contributed by atoms with Gasteiger partial charge in [-0.05, 0) is 31.2 Å². The zero-order chi connectivity index (χ0) is 18.9. The van der Waals surface area contributed by atoms with Gasteiger partial charge in [0.1, 0.15) is 5.75 Å². The van der Waals surface area contributed by atoms with E-state index in [1.54, 1.807) is 0 Å². The molecule has 1 aliphatic rings. The first kappa shape index (κ1) is 19.0. The maximum absolute atomic E-state index is 12.4. The summed E-state index contributed by atoms with van der Waals surface area (Å²) in [6.07, 6.45) is 0.373. The third-order valence-corrected chi connectivity index (χ3v) is 4.38. The van der Waals surface area contributed by atoms with Crippen LogP contribution in [0.3, 0.4) is 0 Å². The largest absolute Gasteiger partial charge is 0.492 e. The summed E-state index contributed by atoms with van der Waals surface area (Å²) in [5.74, 6) is 0.787. The second-order valence-corrected chi connectivity index (χ2v) is 6.27. The number of para-hydroxylation sites is 4. The second kappa shape index (κ2) is 9.83. The van der Waals surface area contributed by atoms with Crippen molar-refractivity contribution >= 4 is 23.0 Å². The SMILES string of the molecule is CCOc1ccccc1NCCC(=O)Nc1ccccc1N1CCOCC1. The van der Waals surface area contributed by atoms with Crippen LogP contribution in [0.4, 0.5) is 17.1 Å². The smallest absolute Gasteiger partial charge is 0.226 e. The lowest BCUT2D eigenvalue weighted by Gasteiger charge is -2.30. The van der Waals surface area contributed by atoms with E-state index in [-0.39, 0.29) is 5.91 Å². The quantitative estimate of drug-likeness (QED) is 0.747. The van der Waals surface area contributed by atoms with Crippen LogP contribution in [0.1, 0.15) is 13.3 Å². The van der Waals surface area contributed by atoms with Crippen molar-refractivity contribution in [3.8, 4) is 5.75 Å².